The Morgan fingerprint density at radius 1 is 1.44 bits per heavy atom. The first kappa shape index (κ1) is 12.4. The van der Waals surface area contributed by atoms with Crippen molar-refractivity contribution in [1.29, 1.82) is 0 Å². The Bertz CT molecular complexity index is 366. The first-order valence-electron chi connectivity index (χ1n) is 5.37. The molecule has 1 unspecified atom stereocenters. The standard InChI is InChI=1S/C11H17N3O2/c1-4-8(7(2)3)14-10-9(11(15)16)12-5-6-13-10/h5-8H,4H2,1-3H3,(H,13,14)(H,15,16). The van der Waals surface area contributed by atoms with E-state index in [0.717, 1.165) is 6.42 Å². The van der Waals surface area contributed by atoms with Crippen LogP contribution in [0, 0.1) is 5.92 Å². The predicted molar refractivity (Wildman–Crippen MR) is 61.5 cm³/mol. The van der Waals surface area contributed by atoms with Gasteiger partial charge in [-0.05, 0) is 12.3 Å². The third kappa shape index (κ3) is 2.92. The molecule has 88 valence electrons. The number of hydrogen-bond donors (Lipinski definition) is 2. The Morgan fingerprint density at radius 3 is 2.56 bits per heavy atom. The van der Waals surface area contributed by atoms with Gasteiger partial charge in [-0.15, -0.1) is 0 Å². The van der Waals surface area contributed by atoms with Crippen molar-refractivity contribution < 1.29 is 9.90 Å². The molecule has 0 aliphatic carbocycles. The number of hydrogen-bond acceptors (Lipinski definition) is 4. The molecule has 1 heterocycles. The molecule has 16 heavy (non-hydrogen) atoms. The van der Waals surface area contributed by atoms with Gasteiger partial charge in [0.1, 0.15) is 0 Å². The second-order valence-electron chi connectivity index (χ2n) is 3.96. The van der Waals surface area contributed by atoms with Gasteiger partial charge in [0.25, 0.3) is 0 Å². The molecule has 1 rings (SSSR count). The Hall–Kier alpha value is -1.65. The van der Waals surface area contributed by atoms with Gasteiger partial charge in [0.15, 0.2) is 11.5 Å². The van der Waals surface area contributed by atoms with Crippen molar-refractivity contribution in [2.75, 3.05) is 5.32 Å². The summed E-state index contributed by atoms with van der Waals surface area (Å²) in [6.07, 6.45) is 3.78. The molecule has 0 spiro atoms. The molecule has 0 aromatic carbocycles. The smallest absolute Gasteiger partial charge is 0.358 e. The lowest BCUT2D eigenvalue weighted by atomic mass is 10.0. The van der Waals surface area contributed by atoms with Crippen molar-refractivity contribution >= 4 is 11.8 Å². The quantitative estimate of drug-likeness (QED) is 0.798. The van der Waals surface area contributed by atoms with Crippen LogP contribution in [-0.4, -0.2) is 27.1 Å². The summed E-state index contributed by atoms with van der Waals surface area (Å²) in [6.45, 7) is 6.21. The Kier molecular flexibility index (Phi) is 4.22. The fourth-order valence-electron chi connectivity index (χ4n) is 1.52. The number of aromatic carboxylic acids is 1. The molecule has 1 aromatic rings. The molecule has 2 N–H and O–H groups in total. The summed E-state index contributed by atoms with van der Waals surface area (Å²) in [7, 11) is 0. The normalized spacial score (nSPS) is 12.5. The van der Waals surface area contributed by atoms with Gasteiger partial charge in [-0.25, -0.2) is 14.8 Å². The van der Waals surface area contributed by atoms with Crippen molar-refractivity contribution in [3.63, 3.8) is 0 Å². The third-order valence-electron chi connectivity index (χ3n) is 2.47. The molecule has 1 atom stereocenters. The van der Waals surface area contributed by atoms with Crippen molar-refractivity contribution in [2.45, 2.75) is 33.2 Å². The van der Waals surface area contributed by atoms with E-state index in [-0.39, 0.29) is 11.7 Å². The van der Waals surface area contributed by atoms with E-state index >= 15 is 0 Å². The van der Waals surface area contributed by atoms with Crippen LogP contribution in [0.25, 0.3) is 0 Å². The van der Waals surface area contributed by atoms with Gasteiger partial charge >= 0.3 is 5.97 Å². The van der Waals surface area contributed by atoms with E-state index in [1.54, 1.807) is 0 Å². The highest BCUT2D eigenvalue weighted by molar-refractivity contribution is 5.90. The van der Waals surface area contributed by atoms with E-state index in [9.17, 15) is 4.79 Å². The van der Waals surface area contributed by atoms with Crippen molar-refractivity contribution in [1.82, 2.24) is 9.97 Å². The number of carboxylic acid groups (broad SMARTS) is 1. The molecule has 0 saturated carbocycles. The molecule has 5 nitrogen and oxygen atoms in total. The minimum absolute atomic E-state index is 0.0263. The van der Waals surface area contributed by atoms with Gasteiger partial charge in [-0.2, -0.15) is 0 Å². The van der Waals surface area contributed by atoms with E-state index in [1.165, 1.54) is 12.4 Å². The van der Waals surface area contributed by atoms with Gasteiger partial charge in [0.2, 0.25) is 0 Å². The van der Waals surface area contributed by atoms with Gasteiger partial charge in [0.05, 0.1) is 0 Å². The molecule has 0 radical (unpaired) electrons. The van der Waals surface area contributed by atoms with Crippen LogP contribution in [-0.2, 0) is 0 Å². The number of nitrogens with one attached hydrogen (secondary N) is 1. The van der Waals surface area contributed by atoms with Crippen LogP contribution in [0.2, 0.25) is 0 Å². The van der Waals surface area contributed by atoms with Crippen molar-refractivity contribution in [3.8, 4) is 0 Å². The fraction of sp³-hybridized carbons (Fsp3) is 0.545. The molecule has 0 amide bonds. The Labute approximate surface area is 94.9 Å². The predicted octanol–water partition coefficient (Wildman–Crippen LogP) is 2.02. The SMILES string of the molecule is CCC(Nc1nccnc1C(=O)O)C(C)C. The topological polar surface area (TPSA) is 75.1 Å². The van der Waals surface area contributed by atoms with Crippen LogP contribution >= 0.6 is 0 Å². The lowest BCUT2D eigenvalue weighted by Gasteiger charge is -2.21. The fourth-order valence-corrected chi connectivity index (χ4v) is 1.52. The number of aromatic nitrogens is 2. The highest BCUT2D eigenvalue weighted by Gasteiger charge is 2.17. The Balaban J connectivity index is 2.91. The minimum Gasteiger partial charge on any atom is -0.476 e. The van der Waals surface area contributed by atoms with E-state index < -0.39 is 5.97 Å². The summed E-state index contributed by atoms with van der Waals surface area (Å²) in [6, 6.07) is 0.204. The number of rotatable bonds is 5. The number of carboxylic acids is 1. The zero-order chi connectivity index (χ0) is 12.1. The largest absolute Gasteiger partial charge is 0.476 e. The van der Waals surface area contributed by atoms with Gasteiger partial charge < -0.3 is 10.4 Å². The maximum absolute atomic E-state index is 10.9. The van der Waals surface area contributed by atoms with Gasteiger partial charge in [-0.1, -0.05) is 20.8 Å². The summed E-state index contributed by atoms with van der Waals surface area (Å²) >= 11 is 0. The number of anilines is 1. The average Bonchev–Trinajstić information content (AvgIpc) is 2.25. The van der Waals surface area contributed by atoms with Crippen LogP contribution in [0.3, 0.4) is 0 Å². The number of carbonyl (C=O) groups is 1. The van der Waals surface area contributed by atoms with Crippen LogP contribution < -0.4 is 5.32 Å². The number of nitrogens with zero attached hydrogens (tertiary/aromatic N) is 2. The molecule has 0 aliphatic heterocycles. The van der Waals surface area contributed by atoms with Crippen LogP contribution in [0.4, 0.5) is 5.82 Å². The molecule has 1 aromatic heterocycles. The van der Waals surface area contributed by atoms with E-state index in [4.69, 9.17) is 5.11 Å². The van der Waals surface area contributed by atoms with Crippen LogP contribution in [0.15, 0.2) is 12.4 Å². The first-order chi connectivity index (χ1) is 7.56. The lowest BCUT2D eigenvalue weighted by Crippen LogP contribution is -2.26. The monoisotopic (exact) mass is 223 g/mol. The molecule has 0 fully saturated rings. The summed E-state index contributed by atoms with van der Waals surface area (Å²) in [4.78, 5) is 18.7. The van der Waals surface area contributed by atoms with Crippen LogP contribution in [0.5, 0.6) is 0 Å². The summed E-state index contributed by atoms with van der Waals surface area (Å²) in [5, 5.41) is 12.1. The van der Waals surface area contributed by atoms with E-state index in [2.05, 4.69) is 36.1 Å². The van der Waals surface area contributed by atoms with E-state index in [1.807, 2.05) is 0 Å². The maximum Gasteiger partial charge on any atom is 0.358 e. The summed E-state index contributed by atoms with van der Waals surface area (Å²) < 4.78 is 0. The molecule has 0 bridgehead atoms. The lowest BCUT2D eigenvalue weighted by molar-refractivity contribution is 0.0691. The van der Waals surface area contributed by atoms with Crippen molar-refractivity contribution in [2.24, 2.45) is 5.92 Å². The zero-order valence-corrected chi connectivity index (χ0v) is 9.77. The molecule has 0 aliphatic rings. The second-order valence-corrected chi connectivity index (χ2v) is 3.96. The molecular weight excluding hydrogens is 206 g/mol. The zero-order valence-electron chi connectivity index (χ0n) is 9.77. The molecule has 5 heteroatoms. The highest BCUT2D eigenvalue weighted by Crippen LogP contribution is 2.15. The van der Waals surface area contributed by atoms with E-state index in [0.29, 0.717) is 11.7 Å². The minimum atomic E-state index is -1.06. The van der Waals surface area contributed by atoms with Crippen LogP contribution in [0.1, 0.15) is 37.7 Å². The molecular formula is C11H17N3O2. The summed E-state index contributed by atoms with van der Waals surface area (Å²) in [5.74, 6) is -0.307. The first-order valence-corrected chi connectivity index (χ1v) is 5.37. The average molecular weight is 223 g/mol. The summed E-state index contributed by atoms with van der Waals surface area (Å²) in [5.41, 5.74) is -0.0263. The van der Waals surface area contributed by atoms with Gasteiger partial charge in [0, 0.05) is 18.4 Å². The maximum atomic E-state index is 10.9. The van der Waals surface area contributed by atoms with Gasteiger partial charge in [-0.3, -0.25) is 0 Å². The molecule has 0 saturated heterocycles. The Morgan fingerprint density at radius 2 is 2.06 bits per heavy atom. The van der Waals surface area contributed by atoms with Crippen molar-refractivity contribution in [3.05, 3.63) is 18.1 Å². The second kappa shape index (κ2) is 5.44. The highest BCUT2D eigenvalue weighted by atomic mass is 16.4. The third-order valence-corrected chi connectivity index (χ3v) is 2.47.